The van der Waals surface area contributed by atoms with Crippen molar-refractivity contribution in [2.24, 2.45) is 0 Å². The first kappa shape index (κ1) is 19.1. The van der Waals surface area contributed by atoms with E-state index in [1.54, 1.807) is 21.3 Å². The summed E-state index contributed by atoms with van der Waals surface area (Å²) >= 11 is 0. The van der Waals surface area contributed by atoms with Gasteiger partial charge in [0.2, 0.25) is 0 Å². The molecule has 6 heteroatoms. The van der Waals surface area contributed by atoms with Crippen molar-refractivity contribution in [1.82, 2.24) is 10.6 Å². The molecule has 5 nitrogen and oxygen atoms in total. The van der Waals surface area contributed by atoms with Crippen LogP contribution in [0.3, 0.4) is 0 Å². The summed E-state index contributed by atoms with van der Waals surface area (Å²) in [4.78, 5) is 0. The van der Waals surface area contributed by atoms with Gasteiger partial charge >= 0.3 is 8.56 Å². The van der Waals surface area contributed by atoms with Gasteiger partial charge in [0.15, 0.2) is 0 Å². The minimum atomic E-state index is -2.15. The first-order valence-corrected chi connectivity index (χ1v) is 10.3. The maximum absolute atomic E-state index is 5.83. The Balaban J connectivity index is 0.000000304. The predicted molar refractivity (Wildman–Crippen MR) is 88.8 cm³/mol. The first-order valence-electron chi connectivity index (χ1n) is 8.27. The van der Waals surface area contributed by atoms with Gasteiger partial charge in [-0.15, -0.1) is 0 Å². The Morgan fingerprint density at radius 2 is 1.52 bits per heavy atom. The molecule has 2 rings (SSSR count). The molecule has 0 saturated carbocycles. The van der Waals surface area contributed by atoms with Crippen molar-refractivity contribution in [3.8, 4) is 0 Å². The lowest BCUT2D eigenvalue weighted by atomic mass is 10.1. The summed E-state index contributed by atoms with van der Waals surface area (Å²) in [6.07, 6.45) is 5.70. The monoisotopic (exact) mass is 318 g/mol. The zero-order valence-corrected chi connectivity index (χ0v) is 15.3. The van der Waals surface area contributed by atoms with Crippen LogP contribution in [-0.2, 0) is 13.6 Å². The van der Waals surface area contributed by atoms with E-state index >= 15 is 0 Å². The Labute approximate surface area is 131 Å². The molecule has 0 amide bonds. The summed E-state index contributed by atoms with van der Waals surface area (Å²) in [5, 5.41) is 6.32. The van der Waals surface area contributed by atoms with Gasteiger partial charge in [0, 0.05) is 47.5 Å². The van der Waals surface area contributed by atoms with Crippen molar-refractivity contribution in [2.75, 3.05) is 47.5 Å². The van der Waals surface area contributed by atoms with Crippen molar-refractivity contribution in [3.63, 3.8) is 0 Å². The number of methoxy groups -OCH3 is 1. The second-order valence-electron chi connectivity index (χ2n) is 5.82. The fourth-order valence-electron chi connectivity index (χ4n) is 3.53. The summed E-state index contributed by atoms with van der Waals surface area (Å²) in [5.41, 5.74) is 0. The van der Waals surface area contributed by atoms with Crippen molar-refractivity contribution in [1.29, 1.82) is 0 Å². The van der Waals surface area contributed by atoms with Crippen LogP contribution in [0.4, 0.5) is 0 Å². The fraction of sp³-hybridized carbons (Fsp3) is 1.00. The molecule has 2 heterocycles. The van der Waals surface area contributed by atoms with E-state index in [4.69, 9.17) is 13.6 Å². The topological polar surface area (TPSA) is 51.8 Å². The van der Waals surface area contributed by atoms with Crippen LogP contribution in [-0.4, -0.2) is 61.3 Å². The van der Waals surface area contributed by atoms with Crippen LogP contribution < -0.4 is 10.6 Å². The summed E-state index contributed by atoms with van der Waals surface area (Å²) in [5.74, 6) is 0. The first-order chi connectivity index (χ1) is 10.2. The van der Waals surface area contributed by atoms with E-state index in [9.17, 15) is 0 Å². The number of piperazine rings is 1. The molecule has 0 aromatic carbocycles. The average Bonchev–Trinajstić information content (AvgIpc) is 2.58. The van der Waals surface area contributed by atoms with Crippen molar-refractivity contribution in [3.05, 3.63) is 0 Å². The van der Waals surface area contributed by atoms with Gasteiger partial charge in [0.05, 0.1) is 0 Å². The van der Waals surface area contributed by atoms with Crippen LogP contribution >= 0.6 is 0 Å². The van der Waals surface area contributed by atoms with E-state index in [0.717, 1.165) is 51.5 Å². The maximum Gasteiger partial charge on any atom is 0.370 e. The molecular formula is C15H34N2O3Si. The van der Waals surface area contributed by atoms with Gasteiger partial charge in [0.25, 0.3) is 0 Å². The molecule has 0 radical (unpaired) electrons. The molecule has 0 aromatic rings. The van der Waals surface area contributed by atoms with Crippen molar-refractivity contribution >= 4 is 8.56 Å². The van der Waals surface area contributed by atoms with Crippen LogP contribution in [0.1, 0.15) is 39.0 Å². The molecule has 0 aliphatic carbocycles. The summed E-state index contributed by atoms with van der Waals surface area (Å²) < 4.78 is 17.4. The number of rotatable bonds is 5. The molecule has 1 atom stereocenters. The van der Waals surface area contributed by atoms with E-state index < -0.39 is 8.56 Å². The van der Waals surface area contributed by atoms with Gasteiger partial charge in [-0.25, -0.2) is 0 Å². The molecule has 2 aliphatic rings. The van der Waals surface area contributed by atoms with Gasteiger partial charge in [0.1, 0.15) is 5.22 Å². The summed E-state index contributed by atoms with van der Waals surface area (Å²) in [6, 6.07) is 1.06. The average molecular weight is 319 g/mol. The smallest absolute Gasteiger partial charge is 0.370 e. The van der Waals surface area contributed by atoms with Gasteiger partial charge in [-0.2, -0.15) is 0 Å². The summed E-state index contributed by atoms with van der Waals surface area (Å²) in [6.45, 7) is 6.75. The highest BCUT2D eigenvalue weighted by atomic mass is 28.4. The number of hydrogen-bond acceptors (Lipinski definition) is 5. The Bertz CT molecular complexity index is 258. The van der Waals surface area contributed by atoms with Crippen LogP contribution in [0.2, 0.25) is 6.04 Å². The lowest BCUT2D eigenvalue weighted by Gasteiger charge is -2.47. The lowest BCUT2D eigenvalue weighted by Crippen LogP contribution is -2.64. The highest BCUT2D eigenvalue weighted by molar-refractivity contribution is 6.70. The Hall–Kier alpha value is 0.0169. The quantitative estimate of drug-likeness (QED) is 0.757. The van der Waals surface area contributed by atoms with Crippen molar-refractivity contribution < 1.29 is 13.6 Å². The van der Waals surface area contributed by atoms with Crippen molar-refractivity contribution in [2.45, 2.75) is 50.3 Å². The van der Waals surface area contributed by atoms with Gasteiger partial charge in [-0.05, 0) is 18.9 Å². The van der Waals surface area contributed by atoms with Gasteiger partial charge < -0.3 is 24.2 Å². The standard InChI is InChI=1S/C11H24O3Si.C4H10N2/c1-5-8-11(12-2)9-6-7-10-15(11,13-3)14-4;1-2-6-4-3-5-1/h5-10H2,1-4H3;5-6H,1-4H2. The minimum Gasteiger partial charge on any atom is -0.396 e. The van der Waals surface area contributed by atoms with E-state index in [2.05, 4.69) is 17.6 Å². The third-order valence-electron chi connectivity index (χ3n) is 4.69. The lowest BCUT2D eigenvalue weighted by molar-refractivity contribution is -0.0149. The molecular weight excluding hydrogens is 284 g/mol. The summed E-state index contributed by atoms with van der Waals surface area (Å²) in [7, 11) is 3.22. The van der Waals surface area contributed by atoms with Crippen LogP contribution in [0, 0.1) is 0 Å². The number of nitrogens with one attached hydrogen (secondary N) is 2. The van der Waals surface area contributed by atoms with Crippen LogP contribution in [0.5, 0.6) is 0 Å². The SMILES string of the molecule is C1CNCCN1.CCCC1(OC)CCCC[Si]1(OC)OC. The second kappa shape index (κ2) is 9.92. The Morgan fingerprint density at radius 1 is 0.952 bits per heavy atom. The highest BCUT2D eigenvalue weighted by Gasteiger charge is 2.58. The second-order valence-corrected chi connectivity index (χ2v) is 9.55. The van der Waals surface area contributed by atoms with Gasteiger partial charge in [-0.1, -0.05) is 26.2 Å². The molecule has 0 aromatic heterocycles. The van der Waals surface area contributed by atoms with Gasteiger partial charge in [-0.3, -0.25) is 0 Å². The number of hydrogen-bond donors (Lipinski definition) is 2. The van der Waals surface area contributed by atoms with E-state index in [1.807, 2.05) is 0 Å². The molecule has 1 unspecified atom stereocenters. The zero-order chi connectivity index (χ0) is 15.6. The number of ether oxygens (including phenoxy) is 1. The molecule has 0 bridgehead atoms. The molecule has 2 fully saturated rings. The van der Waals surface area contributed by atoms with Crippen LogP contribution in [0.15, 0.2) is 0 Å². The fourth-order valence-corrected chi connectivity index (χ4v) is 7.52. The maximum atomic E-state index is 5.83. The highest BCUT2D eigenvalue weighted by Crippen LogP contribution is 2.42. The third-order valence-corrected chi connectivity index (χ3v) is 9.12. The normalized spacial score (nSPS) is 28.6. The molecule has 0 spiro atoms. The van der Waals surface area contributed by atoms with E-state index in [-0.39, 0.29) is 5.22 Å². The minimum absolute atomic E-state index is 0.122. The zero-order valence-electron chi connectivity index (χ0n) is 14.3. The molecule has 21 heavy (non-hydrogen) atoms. The predicted octanol–water partition coefficient (Wildman–Crippen LogP) is 1.81. The largest absolute Gasteiger partial charge is 0.396 e. The molecule has 126 valence electrons. The molecule has 2 N–H and O–H groups in total. The Kier molecular flexibility index (Phi) is 9.00. The third kappa shape index (κ3) is 4.74. The molecule has 2 aliphatic heterocycles. The van der Waals surface area contributed by atoms with E-state index in [1.165, 1.54) is 12.8 Å². The van der Waals surface area contributed by atoms with E-state index in [0.29, 0.717) is 0 Å². The molecule has 2 saturated heterocycles. The van der Waals surface area contributed by atoms with Crippen LogP contribution in [0.25, 0.3) is 0 Å². The Morgan fingerprint density at radius 3 is 1.90 bits per heavy atom.